The van der Waals surface area contributed by atoms with Gasteiger partial charge in [0, 0.05) is 12.1 Å². The molecule has 8 heteroatoms. The molecule has 0 aliphatic rings. The molecule has 1 rings (SSSR count). The number of rotatable bonds is 4. The van der Waals surface area contributed by atoms with Crippen molar-refractivity contribution in [3.63, 3.8) is 0 Å². The zero-order valence-corrected chi connectivity index (χ0v) is 11.8. The van der Waals surface area contributed by atoms with Crippen LogP contribution in [0.2, 0.25) is 0 Å². The predicted octanol–water partition coefficient (Wildman–Crippen LogP) is 2.58. The molecule has 0 heterocycles. The number of non-ortho nitro benzene ring substituents is 1. The average molecular weight is 373 g/mol. The Morgan fingerprint density at radius 1 is 1.25 bits per heavy atom. The predicted molar refractivity (Wildman–Crippen MR) is 67.4 cm³/mol. The fourth-order valence-electron chi connectivity index (χ4n) is 1.01. The number of nitrogens with zero attached hydrogens (tertiary/aromatic N) is 1. The third-order valence-corrected chi connectivity index (χ3v) is 6.48. The monoisotopic (exact) mass is 371 g/mol. The standard InChI is InChI=1S/C8H7Br2NO4S/c9-8(10)16(14,15)5-6-1-3-7(4-2-6)11(12)13/h1-4,8H,5H2. The number of hydrogen-bond acceptors (Lipinski definition) is 4. The summed E-state index contributed by atoms with van der Waals surface area (Å²) < 4.78 is 22.2. The van der Waals surface area contributed by atoms with Gasteiger partial charge < -0.3 is 0 Å². The Balaban J connectivity index is 2.89. The maximum Gasteiger partial charge on any atom is 0.269 e. The van der Waals surface area contributed by atoms with Gasteiger partial charge in [-0.15, -0.1) is 0 Å². The van der Waals surface area contributed by atoms with Gasteiger partial charge in [0.15, 0.2) is 12.9 Å². The Bertz CT molecular complexity index is 483. The van der Waals surface area contributed by atoms with Crippen LogP contribution in [0.5, 0.6) is 0 Å². The lowest BCUT2D eigenvalue weighted by Crippen LogP contribution is -2.10. The topological polar surface area (TPSA) is 77.3 Å². The average Bonchev–Trinajstić information content (AvgIpc) is 2.17. The molecule has 0 bridgehead atoms. The van der Waals surface area contributed by atoms with E-state index in [0.29, 0.717) is 5.56 Å². The molecule has 88 valence electrons. The minimum absolute atomic E-state index is 0.0598. The number of alkyl halides is 2. The maximum atomic E-state index is 11.5. The molecule has 0 fully saturated rings. The van der Waals surface area contributed by atoms with Crippen molar-refractivity contribution in [3.8, 4) is 0 Å². The Morgan fingerprint density at radius 2 is 1.75 bits per heavy atom. The SMILES string of the molecule is O=[N+]([O-])c1ccc(CS(=O)(=O)C(Br)Br)cc1. The zero-order valence-electron chi connectivity index (χ0n) is 7.84. The van der Waals surface area contributed by atoms with Crippen molar-refractivity contribution in [2.75, 3.05) is 0 Å². The fourth-order valence-corrected chi connectivity index (χ4v) is 2.59. The van der Waals surface area contributed by atoms with E-state index in [4.69, 9.17) is 0 Å². The first kappa shape index (κ1) is 13.6. The van der Waals surface area contributed by atoms with E-state index in [0.717, 1.165) is 0 Å². The second-order valence-corrected chi connectivity index (χ2v) is 9.35. The van der Waals surface area contributed by atoms with E-state index in [-0.39, 0.29) is 11.4 Å². The van der Waals surface area contributed by atoms with Crippen LogP contribution in [0.3, 0.4) is 0 Å². The lowest BCUT2D eigenvalue weighted by Gasteiger charge is -2.04. The van der Waals surface area contributed by atoms with E-state index >= 15 is 0 Å². The second kappa shape index (κ2) is 5.24. The lowest BCUT2D eigenvalue weighted by molar-refractivity contribution is -0.384. The molecule has 0 aromatic heterocycles. The largest absolute Gasteiger partial charge is 0.269 e. The quantitative estimate of drug-likeness (QED) is 0.462. The van der Waals surface area contributed by atoms with Crippen molar-refractivity contribution < 1.29 is 13.3 Å². The first-order valence-corrected chi connectivity index (χ1v) is 7.60. The Morgan fingerprint density at radius 3 is 2.12 bits per heavy atom. The first-order chi connectivity index (χ1) is 7.33. The maximum absolute atomic E-state index is 11.5. The highest BCUT2D eigenvalue weighted by atomic mass is 79.9. The number of halogens is 2. The van der Waals surface area contributed by atoms with Crippen molar-refractivity contribution in [2.24, 2.45) is 0 Å². The van der Waals surface area contributed by atoms with Crippen molar-refractivity contribution in [1.29, 1.82) is 0 Å². The lowest BCUT2D eigenvalue weighted by atomic mass is 10.2. The van der Waals surface area contributed by atoms with E-state index in [1.807, 2.05) is 0 Å². The van der Waals surface area contributed by atoms with E-state index in [1.54, 1.807) is 0 Å². The molecular formula is C8H7Br2NO4S. The van der Waals surface area contributed by atoms with Gasteiger partial charge in [-0.3, -0.25) is 10.1 Å². The number of benzene rings is 1. The summed E-state index contributed by atoms with van der Waals surface area (Å²) in [6, 6.07) is 5.42. The van der Waals surface area contributed by atoms with Crippen LogP contribution in [0.4, 0.5) is 5.69 Å². The molecule has 0 saturated heterocycles. The summed E-state index contributed by atoms with van der Waals surface area (Å²) in [5, 5.41) is 10.4. The van der Waals surface area contributed by atoms with Gasteiger partial charge in [0.05, 0.1) is 10.7 Å². The fraction of sp³-hybridized carbons (Fsp3) is 0.250. The van der Waals surface area contributed by atoms with Gasteiger partial charge in [0.2, 0.25) is 0 Å². The summed E-state index contributed by atoms with van der Waals surface area (Å²) in [4.78, 5) is 9.85. The molecule has 0 aliphatic heterocycles. The molecule has 0 atom stereocenters. The van der Waals surface area contributed by atoms with Crippen LogP contribution in [0.1, 0.15) is 5.56 Å². The van der Waals surface area contributed by atoms with Crippen molar-refractivity contribution in [2.45, 2.75) is 8.82 Å². The van der Waals surface area contributed by atoms with Gasteiger partial charge in [-0.2, -0.15) is 0 Å². The van der Waals surface area contributed by atoms with Gasteiger partial charge in [0.25, 0.3) is 5.69 Å². The Hall–Kier alpha value is -0.470. The molecule has 0 aliphatic carbocycles. The van der Waals surface area contributed by atoms with E-state index in [1.165, 1.54) is 24.3 Å². The molecule has 1 aromatic carbocycles. The number of sulfone groups is 1. The van der Waals surface area contributed by atoms with Gasteiger partial charge >= 0.3 is 0 Å². The summed E-state index contributed by atoms with van der Waals surface area (Å²) in [5.41, 5.74) is 0.449. The minimum Gasteiger partial charge on any atom is -0.258 e. The third-order valence-electron chi connectivity index (χ3n) is 1.79. The van der Waals surface area contributed by atoms with E-state index in [9.17, 15) is 18.5 Å². The molecule has 5 nitrogen and oxygen atoms in total. The number of hydrogen-bond donors (Lipinski definition) is 0. The summed E-state index contributed by atoms with van der Waals surface area (Å²) in [5.74, 6) is -0.174. The van der Waals surface area contributed by atoms with E-state index in [2.05, 4.69) is 31.9 Å². The normalized spacial score (nSPS) is 11.7. The van der Waals surface area contributed by atoms with Crippen molar-refractivity contribution in [3.05, 3.63) is 39.9 Å². The molecule has 1 aromatic rings. The molecule has 0 spiro atoms. The number of nitro groups is 1. The van der Waals surface area contributed by atoms with Crippen molar-refractivity contribution in [1.82, 2.24) is 0 Å². The van der Waals surface area contributed by atoms with Crippen LogP contribution in [-0.4, -0.2) is 16.4 Å². The molecule has 0 radical (unpaired) electrons. The van der Waals surface area contributed by atoms with Gasteiger partial charge in [-0.25, -0.2) is 8.42 Å². The summed E-state index contributed by atoms with van der Waals surface area (Å²) in [6.07, 6.45) is 0. The minimum atomic E-state index is -3.32. The van der Waals surface area contributed by atoms with Gasteiger partial charge in [-0.05, 0) is 5.56 Å². The van der Waals surface area contributed by atoms with E-state index < -0.39 is 17.8 Å². The first-order valence-electron chi connectivity index (χ1n) is 4.06. The van der Waals surface area contributed by atoms with Gasteiger partial charge in [-0.1, -0.05) is 44.0 Å². The second-order valence-electron chi connectivity index (χ2n) is 2.99. The molecular weight excluding hydrogens is 366 g/mol. The Kier molecular flexibility index (Phi) is 4.45. The third kappa shape index (κ3) is 3.53. The summed E-state index contributed by atoms with van der Waals surface area (Å²) >= 11 is 5.82. The van der Waals surface area contributed by atoms with Crippen LogP contribution >= 0.6 is 31.9 Å². The highest BCUT2D eigenvalue weighted by Gasteiger charge is 2.20. The van der Waals surface area contributed by atoms with Crippen molar-refractivity contribution >= 4 is 47.4 Å². The zero-order chi connectivity index (χ0) is 12.3. The van der Waals surface area contributed by atoms with Crippen LogP contribution in [0.15, 0.2) is 24.3 Å². The highest BCUT2D eigenvalue weighted by Crippen LogP contribution is 2.22. The summed E-state index contributed by atoms with van der Waals surface area (Å²) in [6.45, 7) is 0. The van der Waals surface area contributed by atoms with Crippen LogP contribution in [0, 0.1) is 10.1 Å². The van der Waals surface area contributed by atoms with Crippen LogP contribution in [0.25, 0.3) is 0 Å². The molecule has 16 heavy (non-hydrogen) atoms. The molecule has 0 amide bonds. The smallest absolute Gasteiger partial charge is 0.258 e. The van der Waals surface area contributed by atoms with Crippen LogP contribution in [-0.2, 0) is 15.6 Å². The highest BCUT2D eigenvalue weighted by molar-refractivity contribution is 9.27. The molecule has 0 saturated carbocycles. The van der Waals surface area contributed by atoms with Crippen LogP contribution < -0.4 is 0 Å². The van der Waals surface area contributed by atoms with Gasteiger partial charge in [0.1, 0.15) is 0 Å². The Labute approximate surface area is 109 Å². The molecule has 0 unspecified atom stereocenters. The summed E-state index contributed by atoms with van der Waals surface area (Å²) in [7, 11) is -3.32. The number of nitro benzene ring substituents is 1. The molecule has 0 N–H and O–H groups in total.